The molecule has 90 valence electrons. The Kier molecular flexibility index (Phi) is 14.8. The molecule has 0 aliphatic rings. The Bertz CT molecular complexity index is 138. The molecule has 15 heavy (non-hydrogen) atoms. The third kappa shape index (κ3) is 14.4. The predicted octanol–water partition coefficient (Wildman–Crippen LogP) is 3.94. The smallest absolute Gasteiger partial charge is 0.146 e. The Morgan fingerprint density at radius 3 is 2.47 bits per heavy atom. The van der Waals surface area contributed by atoms with Gasteiger partial charge in [0.15, 0.2) is 0 Å². The lowest BCUT2D eigenvalue weighted by Crippen LogP contribution is -2.02. The summed E-state index contributed by atoms with van der Waals surface area (Å²) in [6.45, 7) is 4.24. The largest absolute Gasteiger partial charge is 0.355 e. The molecule has 0 aromatic rings. The van der Waals surface area contributed by atoms with Crippen LogP contribution in [0.1, 0.15) is 39.0 Å². The molecule has 0 spiro atoms. The maximum absolute atomic E-state index is 5.32. The van der Waals surface area contributed by atoms with E-state index in [0.29, 0.717) is 6.79 Å². The Hall–Kier alpha value is 0.390. The van der Waals surface area contributed by atoms with Crippen LogP contribution in [-0.4, -0.2) is 24.4 Å². The molecule has 2 nitrogen and oxygen atoms in total. The average molecular weight is 326 g/mol. The highest BCUT2D eigenvalue weighted by molar-refractivity contribution is 14.1. The summed E-state index contributed by atoms with van der Waals surface area (Å²) >= 11 is 2.38. The minimum Gasteiger partial charge on any atom is -0.355 e. The first-order valence-corrected chi connectivity index (χ1v) is 7.30. The first-order valence-electron chi connectivity index (χ1n) is 5.78. The van der Waals surface area contributed by atoms with Crippen molar-refractivity contribution < 1.29 is 9.47 Å². The van der Waals surface area contributed by atoms with E-state index in [4.69, 9.17) is 9.47 Å². The fourth-order valence-electron chi connectivity index (χ4n) is 1.08. The molecule has 0 amide bonds. The number of ether oxygens (including phenoxy) is 2. The van der Waals surface area contributed by atoms with Crippen LogP contribution < -0.4 is 0 Å². The van der Waals surface area contributed by atoms with Crippen LogP contribution in [0.2, 0.25) is 0 Å². The molecule has 0 aliphatic heterocycles. The molecule has 0 N–H and O–H groups in total. The highest BCUT2D eigenvalue weighted by Crippen LogP contribution is 1.95. The first kappa shape index (κ1) is 15.4. The van der Waals surface area contributed by atoms with E-state index in [9.17, 15) is 0 Å². The van der Waals surface area contributed by atoms with E-state index < -0.39 is 0 Å². The van der Waals surface area contributed by atoms with Gasteiger partial charge in [-0.3, -0.25) is 0 Å². The van der Waals surface area contributed by atoms with Gasteiger partial charge in [0.2, 0.25) is 0 Å². The van der Waals surface area contributed by atoms with Crippen LogP contribution in [0, 0.1) is 0 Å². The second-order valence-corrected chi connectivity index (χ2v) is 4.46. The molecule has 0 fully saturated rings. The van der Waals surface area contributed by atoms with Crippen molar-refractivity contribution in [2.75, 3.05) is 24.4 Å². The zero-order chi connectivity index (χ0) is 11.2. The van der Waals surface area contributed by atoms with Crippen LogP contribution in [0.4, 0.5) is 0 Å². The number of unbranched alkanes of at least 4 members (excludes halogenated alkanes) is 2. The molecule has 0 atom stereocenters. The summed E-state index contributed by atoms with van der Waals surface area (Å²) in [7, 11) is 0. The molecular weight excluding hydrogens is 303 g/mol. The van der Waals surface area contributed by atoms with E-state index >= 15 is 0 Å². The van der Waals surface area contributed by atoms with Crippen LogP contribution in [-0.2, 0) is 9.47 Å². The van der Waals surface area contributed by atoms with Crippen LogP contribution >= 0.6 is 22.6 Å². The molecule has 0 saturated carbocycles. The highest BCUT2D eigenvalue weighted by atomic mass is 127. The third-order valence-electron chi connectivity index (χ3n) is 1.93. The lowest BCUT2D eigenvalue weighted by molar-refractivity contribution is -0.0531. The molecule has 3 heteroatoms. The number of allylic oxidation sites excluding steroid dienone is 1. The van der Waals surface area contributed by atoms with Crippen molar-refractivity contribution >= 4 is 22.6 Å². The minimum atomic E-state index is 0.448. The summed E-state index contributed by atoms with van der Waals surface area (Å²) in [5.74, 6) is 0. The van der Waals surface area contributed by atoms with Crippen molar-refractivity contribution in [3.63, 3.8) is 0 Å². The zero-order valence-corrected chi connectivity index (χ0v) is 11.9. The summed E-state index contributed by atoms with van der Waals surface area (Å²) in [5.41, 5.74) is 0. The fourth-order valence-corrected chi connectivity index (χ4v) is 1.44. The standard InChI is InChI=1S/C12H23IO2/c1-2-3-7-10-14-12-15-11-8-5-4-6-9-13/h4-5H,2-3,6-12H2,1H3/b5-4+. The molecular formula is C12H23IO2. The van der Waals surface area contributed by atoms with Crippen LogP contribution in [0.5, 0.6) is 0 Å². The minimum absolute atomic E-state index is 0.448. The Balaban J connectivity index is 2.92. The molecule has 0 radical (unpaired) electrons. The third-order valence-corrected chi connectivity index (χ3v) is 2.55. The van der Waals surface area contributed by atoms with Gasteiger partial charge >= 0.3 is 0 Å². The summed E-state index contributed by atoms with van der Waals surface area (Å²) in [4.78, 5) is 0. The van der Waals surface area contributed by atoms with Gasteiger partial charge in [0.25, 0.3) is 0 Å². The van der Waals surface area contributed by atoms with Crippen LogP contribution in [0.3, 0.4) is 0 Å². The molecule has 0 aromatic heterocycles. The Morgan fingerprint density at radius 2 is 1.73 bits per heavy atom. The van der Waals surface area contributed by atoms with E-state index in [1.807, 2.05) is 0 Å². The molecule has 0 aromatic carbocycles. The number of halogens is 1. The lowest BCUT2D eigenvalue weighted by atomic mass is 10.3. The molecule has 0 saturated heterocycles. The van der Waals surface area contributed by atoms with E-state index in [0.717, 1.165) is 32.5 Å². The lowest BCUT2D eigenvalue weighted by Gasteiger charge is -2.03. The van der Waals surface area contributed by atoms with Gasteiger partial charge in [-0.15, -0.1) is 0 Å². The van der Waals surface area contributed by atoms with Gasteiger partial charge in [-0.1, -0.05) is 54.5 Å². The van der Waals surface area contributed by atoms with Gasteiger partial charge in [-0.05, 0) is 19.3 Å². The van der Waals surface area contributed by atoms with E-state index in [1.165, 1.54) is 17.3 Å². The second-order valence-electron chi connectivity index (χ2n) is 3.38. The second kappa shape index (κ2) is 14.4. The summed E-state index contributed by atoms with van der Waals surface area (Å²) < 4.78 is 11.8. The van der Waals surface area contributed by atoms with Crippen molar-refractivity contribution in [3.05, 3.63) is 12.2 Å². The maximum Gasteiger partial charge on any atom is 0.146 e. The van der Waals surface area contributed by atoms with Crippen molar-refractivity contribution in [1.29, 1.82) is 0 Å². The monoisotopic (exact) mass is 326 g/mol. The number of hydrogen-bond acceptors (Lipinski definition) is 2. The van der Waals surface area contributed by atoms with Gasteiger partial charge in [0.1, 0.15) is 6.79 Å². The molecule has 0 heterocycles. The summed E-state index contributed by atoms with van der Waals surface area (Å²) in [6, 6.07) is 0. The Labute approximate surface area is 108 Å². The van der Waals surface area contributed by atoms with Gasteiger partial charge in [-0.2, -0.15) is 0 Å². The molecule has 0 unspecified atom stereocenters. The van der Waals surface area contributed by atoms with Gasteiger partial charge < -0.3 is 9.47 Å². The van der Waals surface area contributed by atoms with Crippen molar-refractivity contribution in [3.8, 4) is 0 Å². The fraction of sp³-hybridized carbons (Fsp3) is 0.833. The maximum atomic E-state index is 5.32. The normalized spacial score (nSPS) is 11.3. The quantitative estimate of drug-likeness (QED) is 0.188. The van der Waals surface area contributed by atoms with E-state index in [2.05, 4.69) is 41.7 Å². The van der Waals surface area contributed by atoms with Crippen molar-refractivity contribution in [1.82, 2.24) is 0 Å². The molecule has 0 bridgehead atoms. The number of alkyl halides is 1. The molecule has 0 rings (SSSR count). The van der Waals surface area contributed by atoms with Crippen LogP contribution in [0.25, 0.3) is 0 Å². The SMILES string of the molecule is CCCCCOCOCC/C=C/CCI. The molecule has 0 aliphatic carbocycles. The summed E-state index contributed by atoms with van der Waals surface area (Å²) in [5, 5.41) is 0. The van der Waals surface area contributed by atoms with E-state index in [-0.39, 0.29) is 0 Å². The predicted molar refractivity (Wildman–Crippen MR) is 73.6 cm³/mol. The van der Waals surface area contributed by atoms with Crippen molar-refractivity contribution in [2.24, 2.45) is 0 Å². The highest BCUT2D eigenvalue weighted by Gasteiger charge is 1.88. The summed E-state index contributed by atoms with van der Waals surface area (Å²) in [6.07, 6.45) is 10.2. The van der Waals surface area contributed by atoms with Gasteiger partial charge in [-0.25, -0.2) is 0 Å². The zero-order valence-electron chi connectivity index (χ0n) is 9.71. The number of rotatable bonds is 11. The topological polar surface area (TPSA) is 18.5 Å². The van der Waals surface area contributed by atoms with Gasteiger partial charge in [0.05, 0.1) is 6.61 Å². The van der Waals surface area contributed by atoms with Gasteiger partial charge in [0, 0.05) is 11.0 Å². The van der Waals surface area contributed by atoms with Crippen molar-refractivity contribution in [2.45, 2.75) is 39.0 Å². The first-order chi connectivity index (χ1) is 7.41. The average Bonchev–Trinajstić information content (AvgIpc) is 2.26. The Morgan fingerprint density at radius 1 is 1.00 bits per heavy atom. The number of hydrogen-bond donors (Lipinski definition) is 0. The van der Waals surface area contributed by atoms with E-state index in [1.54, 1.807) is 0 Å². The van der Waals surface area contributed by atoms with Crippen LogP contribution in [0.15, 0.2) is 12.2 Å².